The van der Waals surface area contributed by atoms with E-state index in [4.69, 9.17) is 0 Å². The number of carbonyl (C=O) groups excluding carboxylic acids is 2. The van der Waals surface area contributed by atoms with Gasteiger partial charge in [0.05, 0.1) is 0 Å². The first-order valence-corrected chi connectivity index (χ1v) is 9.54. The van der Waals surface area contributed by atoms with Crippen molar-refractivity contribution < 1.29 is 9.59 Å². The Labute approximate surface area is 170 Å². The summed E-state index contributed by atoms with van der Waals surface area (Å²) in [5.74, 6) is 0.275. The van der Waals surface area contributed by atoms with Crippen LogP contribution in [0.15, 0.2) is 54.9 Å². The lowest BCUT2D eigenvalue weighted by Crippen LogP contribution is -2.28. The molecule has 3 rings (SSSR count). The van der Waals surface area contributed by atoms with Crippen LogP contribution in [0, 0.1) is 6.92 Å². The predicted octanol–water partition coefficient (Wildman–Crippen LogP) is 2.53. The lowest BCUT2D eigenvalue weighted by molar-refractivity contribution is 0.0952. The van der Waals surface area contributed by atoms with Crippen molar-refractivity contribution in [3.63, 3.8) is 0 Å². The second-order valence-corrected chi connectivity index (χ2v) is 6.80. The molecule has 0 aliphatic carbocycles. The molecule has 29 heavy (non-hydrogen) atoms. The van der Waals surface area contributed by atoms with Gasteiger partial charge in [-0.15, -0.1) is 0 Å². The van der Waals surface area contributed by atoms with E-state index in [1.807, 2.05) is 54.9 Å². The van der Waals surface area contributed by atoms with Gasteiger partial charge in [-0.25, -0.2) is 9.97 Å². The quantitative estimate of drug-likeness (QED) is 0.648. The highest BCUT2D eigenvalue weighted by Gasteiger charge is 2.18. The van der Waals surface area contributed by atoms with Gasteiger partial charge in [-0.3, -0.25) is 9.59 Å². The number of rotatable bonds is 7. The number of pyridine rings is 1. The molecule has 2 aromatic heterocycles. The third kappa shape index (κ3) is 4.87. The molecule has 0 aliphatic heterocycles. The SMILES string of the molecule is CNC(=O)c1cc(C(=O)NCCn2ccnc2C)cc(C(C)c2ccccc2)n1. The van der Waals surface area contributed by atoms with E-state index >= 15 is 0 Å². The molecule has 0 spiro atoms. The first-order valence-electron chi connectivity index (χ1n) is 9.54. The van der Waals surface area contributed by atoms with Crippen molar-refractivity contribution in [2.45, 2.75) is 26.3 Å². The van der Waals surface area contributed by atoms with Crippen LogP contribution >= 0.6 is 0 Å². The molecule has 0 saturated heterocycles. The van der Waals surface area contributed by atoms with Crippen LogP contribution in [0.2, 0.25) is 0 Å². The smallest absolute Gasteiger partial charge is 0.269 e. The monoisotopic (exact) mass is 391 g/mol. The summed E-state index contributed by atoms with van der Waals surface area (Å²) >= 11 is 0. The molecule has 0 radical (unpaired) electrons. The molecule has 7 heteroatoms. The Morgan fingerprint density at radius 3 is 2.55 bits per heavy atom. The van der Waals surface area contributed by atoms with E-state index in [0.29, 0.717) is 24.3 Å². The van der Waals surface area contributed by atoms with Crippen molar-refractivity contribution in [1.82, 2.24) is 25.2 Å². The average molecular weight is 391 g/mol. The van der Waals surface area contributed by atoms with Gasteiger partial charge < -0.3 is 15.2 Å². The summed E-state index contributed by atoms with van der Waals surface area (Å²) in [5.41, 5.74) is 2.38. The maximum absolute atomic E-state index is 12.7. The summed E-state index contributed by atoms with van der Waals surface area (Å²) in [6.45, 7) is 5.00. The average Bonchev–Trinajstić information content (AvgIpc) is 3.17. The van der Waals surface area contributed by atoms with Gasteiger partial charge >= 0.3 is 0 Å². The van der Waals surface area contributed by atoms with Crippen molar-refractivity contribution in [2.75, 3.05) is 13.6 Å². The standard InChI is InChI=1S/C22H25N5O2/c1-15(17-7-5-4-6-8-17)19-13-18(14-20(26-19)22(29)23-3)21(28)25-10-12-27-11-9-24-16(27)2/h4-9,11,13-15H,10,12H2,1-3H3,(H,23,29)(H,25,28). The molecule has 0 bridgehead atoms. The van der Waals surface area contributed by atoms with Gasteiger partial charge in [0.15, 0.2) is 0 Å². The molecule has 3 aromatic rings. The van der Waals surface area contributed by atoms with Crippen LogP contribution < -0.4 is 10.6 Å². The van der Waals surface area contributed by atoms with Crippen LogP contribution in [0.5, 0.6) is 0 Å². The minimum absolute atomic E-state index is 0.0547. The van der Waals surface area contributed by atoms with E-state index in [9.17, 15) is 9.59 Å². The summed E-state index contributed by atoms with van der Waals surface area (Å²) in [6, 6.07) is 13.2. The fraction of sp³-hybridized carbons (Fsp3) is 0.273. The van der Waals surface area contributed by atoms with Crippen LogP contribution in [-0.2, 0) is 6.54 Å². The number of amides is 2. The summed E-state index contributed by atoms with van der Waals surface area (Å²) < 4.78 is 1.96. The molecular weight excluding hydrogens is 366 g/mol. The van der Waals surface area contributed by atoms with E-state index in [2.05, 4.69) is 20.6 Å². The molecule has 0 saturated carbocycles. The van der Waals surface area contributed by atoms with E-state index in [1.165, 1.54) is 6.07 Å². The highest BCUT2D eigenvalue weighted by Crippen LogP contribution is 2.23. The predicted molar refractivity (Wildman–Crippen MR) is 111 cm³/mol. The minimum Gasteiger partial charge on any atom is -0.354 e. The Kier molecular flexibility index (Phi) is 6.39. The molecule has 1 unspecified atom stereocenters. The number of hydrogen-bond acceptors (Lipinski definition) is 4. The van der Waals surface area contributed by atoms with Gasteiger partial charge in [-0.05, 0) is 24.6 Å². The normalized spacial score (nSPS) is 11.7. The summed E-state index contributed by atoms with van der Waals surface area (Å²) in [6.07, 6.45) is 3.60. The maximum atomic E-state index is 12.7. The number of hydrogen-bond donors (Lipinski definition) is 2. The first-order chi connectivity index (χ1) is 14.0. The number of carbonyl (C=O) groups is 2. The Morgan fingerprint density at radius 2 is 1.90 bits per heavy atom. The molecule has 1 aromatic carbocycles. The van der Waals surface area contributed by atoms with Crippen molar-refractivity contribution in [1.29, 1.82) is 0 Å². The van der Waals surface area contributed by atoms with Crippen molar-refractivity contribution >= 4 is 11.8 Å². The first kappa shape index (κ1) is 20.3. The van der Waals surface area contributed by atoms with E-state index < -0.39 is 0 Å². The lowest BCUT2D eigenvalue weighted by atomic mass is 9.96. The summed E-state index contributed by atoms with van der Waals surface area (Å²) in [5, 5.41) is 5.49. The molecule has 0 fully saturated rings. The van der Waals surface area contributed by atoms with Crippen LogP contribution in [0.1, 0.15) is 50.8 Å². The second kappa shape index (κ2) is 9.14. The van der Waals surface area contributed by atoms with E-state index in [1.54, 1.807) is 19.3 Å². The molecule has 2 amide bonds. The van der Waals surface area contributed by atoms with Crippen LogP contribution in [-0.4, -0.2) is 39.9 Å². The topological polar surface area (TPSA) is 88.9 Å². The molecule has 2 heterocycles. The van der Waals surface area contributed by atoms with Crippen LogP contribution in [0.3, 0.4) is 0 Å². The number of aryl methyl sites for hydroxylation is 1. The molecule has 2 N–H and O–H groups in total. The van der Waals surface area contributed by atoms with Gasteiger partial charge in [0.1, 0.15) is 11.5 Å². The zero-order valence-corrected chi connectivity index (χ0v) is 16.8. The molecule has 1 atom stereocenters. The number of benzene rings is 1. The summed E-state index contributed by atoms with van der Waals surface area (Å²) in [7, 11) is 1.55. The summed E-state index contributed by atoms with van der Waals surface area (Å²) in [4.78, 5) is 33.6. The van der Waals surface area contributed by atoms with Crippen molar-refractivity contribution in [2.24, 2.45) is 0 Å². The van der Waals surface area contributed by atoms with Crippen LogP contribution in [0.25, 0.3) is 0 Å². The molecular formula is C22H25N5O2. The van der Waals surface area contributed by atoms with Crippen molar-refractivity contribution in [3.8, 4) is 0 Å². The third-order valence-electron chi connectivity index (χ3n) is 4.87. The van der Waals surface area contributed by atoms with Gasteiger partial charge in [-0.1, -0.05) is 37.3 Å². The fourth-order valence-electron chi connectivity index (χ4n) is 3.09. The van der Waals surface area contributed by atoms with Gasteiger partial charge in [0, 0.05) is 49.7 Å². The molecule has 7 nitrogen and oxygen atoms in total. The largest absolute Gasteiger partial charge is 0.354 e. The highest BCUT2D eigenvalue weighted by atomic mass is 16.2. The highest BCUT2D eigenvalue weighted by molar-refractivity contribution is 5.98. The Hall–Kier alpha value is -3.48. The Balaban J connectivity index is 1.82. The molecule has 150 valence electrons. The molecule has 0 aliphatic rings. The number of aromatic nitrogens is 3. The number of nitrogens with zero attached hydrogens (tertiary/aromatic N) is 3. The second-order valence-electron chi connectivity index (χ2n) is 6.80. The third-order valence-corrected chi connectivity index (χ3v) is 4.87. The van der Waals surface area contributed by atoms with Crippen LogP contribution in [0.4, 0.5) is 0 Å². The maximum Gasteiger partial charge on any atom is 0.269 e. The van der Waals surface area contributed by atoms with Crippen molar-refractivity contribution in [3.05, 3.63) is 83.2 Å². The number of imidazole rings is 1. The zero-order valence-electron chi connectivity index (χ0n) is 16.8. The van der Waals surface area contributed by atoms with E-state index in [0.717, 1.165) is 11.4 Å². The fourth-order valence-corrected chi connectivity index (χ4v) is 3.09. The zero-order chi connectivity index (χ0) is 20.8. The minimum atomic E-state index is -0.324. The Morgan fingerprint density at radius 1 is 1.14 bits per heavy atom. The number of nitrogens with one attached hydrogen (secondary N) is 2. The Bertz CT molecular complexity index is 997. The van der Waals surface area contributed by atoms with Gasteiger partial charge in [0.25, 0.3) is 11.8 Å². The van der Waals surface area contributed by atoms with E-state index in [-0.39, 0.29) is 23.4 Å². The lowest BCUT2D eigenvalue weighted by Gasteiger charge is -2.15. The van der Waals surface area contributed by atoms with Gasteiger partial charge in [-0.2, -0.15) is 0 Å². The van der Waals surface area contributed by atoms with Gasteiger partial charge in [0.2, 0.25) is 0 Å².